The van der Waals surface area contributed by atoms with Gasteiger partial charge in [-0.2, -0.15) is 0 Å². The lowest BCUT2D eigenvalue weighted by Gasteiger charge is -2.17. The Morgan fingerprint density at radius 3 is 2.33 bits per heavy atom. The molecule has 0 unspecified atom stereocenters. The SMILES string of the molecule is CN(C)CCCNCCN(C)Cc1ccccc1. The van der Waals surface area contributed by atoms with Crippen molar-refractivity contribution in [3.8, 4) is 0 Å². The van der Waals surface area contributed by atoms with Crippen molar-refractivity contribution in [3.05, 3.63) is 35.9 Å². The summed E-state index contributed by atoms with van der Waals surface area (Å²) in [7, 11) is 6.41. The maximum atomic E-state index is 3.49. The number of likely N-dealkylation sites (N-methyl/N-ethyl adjacent to an activating group) is 1. The van der Waals surface area contributed by atoms with Gasteiger partial charge < -0.3 is 15.1 Å². The van der Waals surface area contributed by atoms with Crippen molar-refractivity contribution in [2.75, 3.05) is 47.3 Å². The maximum absolute atomic E-state index is 3.49. The molecule has 3 heteroatoms. The number of hydrogen-bond acceptors (Lipinski definition) is 3. The van der Waals surface area contributed by atoms with Gasteiger partial charge in [-0.25, -0.2) is 0 Å². The Morgan fingerprint density at radius 2 is 1.67 bits per heavy atom. The summed E-state index contributed by atoms with van der Waals surface area (Å²) in [6, 6.07) is 10.6. The summed E-state index contributed by atoms with van der Waals surface area (Å²) in [4.78, 5) is 4.58. The number of benzene rings is 1. The van der Waals surface area contributed by atoms with E-state index in [2.05, 4.69) is 66.6 Å². The molecule has 18 heavy (non-hydrogen) atoms. The molecular weight excluding hydrogens is 222 g/mol. The fraction of sp³-hybridized carbons (Fsp3) is 0.600. The molecule has 0 saturated heterocycles. The second-order valence-electron chi connectivity index (χ2n) is 5.13. The van der Waals surface area contributed by atoms with Crippen LogP contribution in [-0.4, -0.2) is 57.1 Å². The molecule has 1 aromatic carbocycles. The summed E-state index contributed by atoms with van der Waals surface area (Å²) in [5.41, 5.74) is 1.38. The predicted molar refractivity (Wildman–Crippen MR) is 78.8 cm³/mol. The Kier molecular flexibility index (Phi) is 7.65. The van der Waals surface area contributed by atoms with Gasteiger partial charge in [0.2, 0.25) is 0 Å². The molecular formula is C15H27N3. The summed E-state index contributed by atoms with van der Waals surface area (Å²) < 4.78 is 0. The van der Waals surface area contributed by atoms with Crippen molar-refractivity contribution in [1.82, 2.24) is 15.1 Å². The van der Waals surface area contributed by atoms with E-state index < -0.39 is 0 Å². The lowest BCUT2D eigenvalue weighted by Crippen LogP contribution is -2.30. The van der Waals surface area contributed by atoms with Gasteiger partial charge in [-0.1, -0.05) is 30.3 Å². The third kappa shape index (κ3) is 7.43. The minimum atomic E-state index is 1.03. The molecule has 0 fully saturated rings. The summed E-state index contributed by atoms with van der Waals surface area (Å²) in [6.45, 7) is 5.46. The van der Waals surface area contributed by atoms with E-state index in [-0.39, 0.29) is 0 Å². The zero-order chi connectivity index (χ0) is 13.2. The van der Waals surface area contributed by atoms with Gasteiger partial charge in [-0.15, -0.1) is 0 Å². The molecule has 0 spiro atoms. The highest BCUT2D eigenvalue weighted by atomic mass is 15.1. The minimum Gasteiger partial charge on any atom is -0.315 e. The Labute approximate surface area is 112 Å². The number of rotatable bonds is 9. The molecule has 0 aromatic heterocycles. The van der Waals surface area contributed by atoms with Gasteiger partial charge in [0.15, 0.2) is 0 Å². The zero-order valence-corrected chi connectivity index (χ0v) is 12.0. The van der Waals surface area contributed by atoms with Crippen molar-refractivity contribution >= 4 is 0 Å². The first-order chi connectivity index (χ1) is 8.68. The Bertz CT molecular complexity index is 298. The lowest BCUT2D eigenvalue weighted by molar-refractivity contribution is 0.321. The molecule has 0 saturated carbocycles. The fourth-order valence-corrected chi connectivity index (χ4v) is 1.89. The first kappa shape index (κ1) is 15.2. The van der Waals surface area contributed by atoms with Crippen molar-refractivity contribution < 1.29 is 0 Å². The van der Waals surface area contributed by atoms with Crippen LogP contribution in [0.1, 0.15) is 12.0 Å². The van der Waals surface area contributed by atoms with Crippen LogP contribution in [0.15, 0.2) is 30.3 Å². The van der Waals surface area contributed by atoms with E-state index in [9.17, 15) is 0 Å². The molecule has 0 amide bonds. The molecule has 0 radical (unpaired) electrons. The summed E-state index contributed by atoms with van der Waals surface area (Å²) in [5.74, 6) is 0. The third-order valence-corrected chi connectivity index (χ3v) is 2.92. The summed E-state index contributed by atoms with van der Waals surface area (Å²) >= 11 is 0. The van der Waals surface area contributed by atoms with Crippen LogP contribution < -0.4 is 5.32 Å². The molecule has 0 aliphatic rings. The van der Waals surface area contributed by atoms with Crippen LogP contribution in [0, 0.1) is 0 Å². The molecule has 3 nitrogen and oxygen atoms in total. The standard InChI is InChI=1S/C15H27N3/c1-17(2)12-7-10-16-11-13-18(3)14-15-8-5-4-6-9-15/h4-6,8-9,16H,7,10-14H2,1-3H3. The number of nitrogens with one attached hydrogen (secondary N) is 1. The van der Waals surface area contributed by atoms with Gasteiger partial charge in [0.1, 0.15) is 0 Å². The molecule has 1 N–H and O–H groups in total. The van der Waals surface area contributed by atoms with E-state index in [1.54, 1.807) is 0 Å². The second-order valence-corrected chi connectivity index (χ2v) is 5.13. The lowest BCUT2D eigenvalue weighted by atomic mass is 10.2. The monoisotopic (exact) mass is 249 g/mol. The van der Waals surface area contributed by atoms with Crippen LogP contribution in [0.3, 0.4) is 0 Å². The highest BCUT2D eigenvalue weighted by molar-refractivity contribution is 5.14. The van der Waals surface area contributed by atoms with Crippen LogP contribution in [0.25, 0.3) is 0 Å². The van der Waals surface area contributed by atoms with Crippen LogP contribution in [0.5, 0.6) is 0 Å². The molecule has 0 aliphatic carbocycles. The van der Waals surface area contributed by atoms with E-state index in [0.29, 0.717) is 0 Å². The van der Waals surface area contributed by atoms with E-state index >= 15 is 0 Å². The predicted octanol–water partition coefficient (Wildman–Crippen LogP) is 1.66. The second kappa shape index (κ2) is 9.09. The van der Waals surface area contributed by atoms with Crippen LogP contribution in [-0.2, 0) is 6.54 Å². The van der Waals surface area contributed by atoms with Gasteiger partial charge in [0.25, 0.3) is 0 Å². The smallest absolute Gasteiger partial charge is 0.0231 e. The van der Waals surface area contributed by atoms with Crippen LogP contribution in [0.2, 0.25) is 0 Å². The molecule has 0 bridgehead atoms. The molecule has 0 heterocycles. The normalized spacial score (nSPS) is 11.4. The van der Waals surface area contributed by atoms with Gasteiger partial charge >= 0.3 is 0 Å². The number of hydrogen-bond donors (Lipinski definition) is 1. The quantitative estimate of drug-likeness (QED) is 0.672. The summed E-state index contributed by atoms with van der Waals surface area (Å²) in [5, 5.41) is 3.49. The van der Waals surface area contributed by atoms with Crippen molar-refractivity contribution in [2.24, 2.45) is 0 Å². The molecule has 0 atom stereocenters. The van der Waals surface area contributed by atoms with Gasteiger partial charge in [0, 0.05) is 19.6 Å². The summed E-state index contributed by atoms with van der Waals surface area (Å²) in [6.07, 6.45) is 1.22. The highest BCUT2D eigenvalue weighted by Crippen LogP contribution is 2.01. The Balaban J connectivity index is 2.02. The van der Waals surface area contributed by atoms with E-state index in [0.717, 1.165) is 32.7 Å². The fourth-order valence-electron chi connectivity index (χ4n) is 1.89. The maximum Gasteiger partial charge on any atom is 0.0231 e. The topological polar surface area (TPSA) is 18.5 Å². The largest absolute Gasteiger partial charge is 0.315 e. The van der Waals surface area contributed by atoms with Gasteiger partial charge in [0.05, 0.1) is 0 Å². The van der Waals surface area contributed by atoms with E-state index in [1.807, 2.05) is 0 Å². The highest BCUT2D eigenvalue weighted by Gasteiger charge is 1.99. The third-order valence-electron chi connectivity index (χ3n) is 2.92. The first-order valence-electron chi connectivity index (χ1n) is 6.76. The van der Waals surface area contributed by atoms with E-state index in [4.69, 9.17) is 0 Å². The Hall–Kier alpha value is -0.900. The van der Waals surface area contributed by atoms with Crippen LogP contribution >= 0.6 is 0 Å². The zero-order valence-electron chi connectivity index (χ0n) is 12.0. The molecule has 102 valence electrons. The minimum absolute atomic E-state index is 1.03. The van der Waals surface area contributed by atoms with Crippen LogP contribution in [0.4, 0.5) is 0 Å². The molecule has 0 aliphatic heterocycles. The van der Waals surface area contributed by atoms with E-state index in [1.165, 1.54) is 12.0 Å². The average molecular weight is 249 g/mol. The molecule has 1 aromatic rings. The average Bonchev–Trinajstić information content (AvgIpc) is 2.34. The van der Waals surface area contributed by atoms with Gasteiger partial charge in [-0.3, -0.25) is 0 Å². The van der Waals surface area contributed by atoms with Crippen molar-refractivity contribution in [2.45, 2.75) is 13.0 Å². The van der Waals surface area contributed by atoms with Gasteiger partial charge in [-0.05, 0) is 46.2 Å². The van der Waals surface area contributed by atoms with Crippen molar-refractivity contribution in [1.29, 1.82) is 0 Å². The molecule has 1 rings (SSSR count). The number of nitrogens with zero attached hydrogens (tertiary/aromatic N) is 2. The Morgan fingerprint density at radius 1 is 0.944 bits per heavy atom. The van der Waals surface area contributed by atoms with Crippen molar-refractivity contribution in [3.63, 3.8) is 0 Å². The first-order valence-corrected chi connectivity index (χ1v) is 6.76.